The average molecular weight is 629 g/mol. The zero-order valence-electron chi connectivity index (χ0n) is 26.9. The third-order valence-corrected chi connectivity index (χ3v) is 7.84. The van der Waals surface area contributed by atoms with E-state index in [-0.39, 0.29) is 30.6 Å². The van der Waals surface area contributed by atoms with E-state index in [2.05, 4.69) is 22.3 Å². The molecule has 0 bridgehead atoms. The zero-order valence-corrected chi connectivity index (χ0v) is 26.9. The van der Waals surface area contributed by atoms with Crippen LogP contribution in [0.1, 0.15) is 66.5 Å². The maximum atomic E-state index is 14.3. The number of carboxylic acids is 1. The molecular weight excluding hydrogens is 585 g/mol. The molecule has 244 valence electrons. The predicted molar refractivity (Wildman–Crippen MR) is 175 cm³/mol. The minimum Gasteiger partial charge on any atom is -0.550 e. The van der Waals surface area contributed by atoms with Gasteiger partial charge in [-0.3, -0.25) is 4.79 Å². The van der Waals surface area contributed by atoms with Crippen LogP contribution in [-0.4, -0.2) is 57.9 Å². The highest BCUT2D eigenvalue weighted by Gasteiger charge is 2.30. The quantitative estimate of drug-likeness (QED) is 0.176. The van der Waals surface area contributed by atoms with Crippen LogP contribution in [-0.2, 0) is 24.3 Å². The summed E-state index contributed by atoms with van der Waals surface area (Å²) in [6.45, 7) is 5.05. The van der Waals surface area contributed by atoms with Crippen LogP contribution >= 0.6 is 0 Å². The van der Waals surface area contributed by atoms with Gasteiger partial charge in [0.2, 0.25) is 0 Å². The highest BCUT2D eigenvalue weighted by Crippen LogP contribution is 2.42. The summed E-state index contributed by atoms with van der Waals surface area (Å²) in [4.78, 5) is 27.3. The number of amides is 1. The molecule has 0 spiro atoms. The Kier molecular flexibility index (Phi) is 11.9. The van der Waals surface area contributed by atoms with E-state index < -0.39 is 24.6 Å². The van der Waals surface area contributed by atoms with Crippen molar-refractivity contribution < 1.29 is 29.3 Å². The third kappa shape index (κ3) is 8.90. The Morgan fingerprint density at radius 1 is 0.891 bits per heavy atom. The molecule has 0 unspecified atom stereocenters. The summed E-state index contributed by atoms with van der Waals surface area (Å²) < 4.78 is 16.1. The summed E-state index contributed by atoms with van der Waals surface area (Å²) in [7, 11) is 4.01. The normalized spacial score (nSPS) is 12.8. The fraction of sp³-hybridized carbons (Fsp3) is 0.351. The molecule has 4 rings (SSSR count). The summed E-state index contributed by atoms with van der Waals surface area (Å²) >= 11 is 0. The number of rotatable bonds is 15. The smallest absolute Gasteiger partial charge is 0.268 e. The molecule has 0 fully saturated rings. The first-order chi connectivity index (χ1) is 21.9. The number of nitrogens with zero attached hydrogens (tertiary/aromatic N) is 2. The molecule has 8 nitrogen and oxygen atoms in total. The first-order valence-electron chi connectivity index (χ1n) is 15.6. The molecule has 0 aliphatic rings. The second kappa shape index (κ2) is 15.8. The lowest BCUT2D eigenvalue weighted by atomic mass is 9.92. The predicted octanol–water partition coefficient (Wildman–Crippen LogP) is 4.72. The van der Waals surface area contributed by atoms with Crippen LogP contribution in [0.4, 0.5) is 4.39 Å². The van der Waals surface area contributed by atoms with Crippen molar-refractivity contribution in [2.75, 3.05) is 14.1 Å². The van der Waals surface area contributed by atoms with Crippen molar-refractivity contribution in [1.82, 2.24) is 14.8 Å². The van der Waals surface area contributed by atoms with Gasteiger partial charge in [-0.2, -0.15) is 0 Å². The SMILES string of the molecule is CC(C)n1c(CC[C@@H](O)C[C@@H](O)CC(=O)[O-])c(-c2ccc(F)cc2)c(-c2ccccc2)c1C(=O)NCc1cccc(CN(C)C)c1. The molecule has 9 heteroatoms. The van der Waals surface area contributed by atoms with E-state index in [1.54, 1.807) is 12.1 Å². The van der Waals surface area contributed by atoms with Crippen LogP contribution in [0.15, 0.2) is 78.9 Å². The molecule has 0 aliphatic carbocycles. The number of aliphatic hydroxyl groups is 2. The lowest BCUT2D eigenvalue weighted by molar-refractivity contribution is -0.307. The first-order valence-corrected chi connectivity index (χ1v) is 15.6. The van der Waals surface area contributed by atoms with Gasteiger partial charge < -0.3 is 34.9 Å². The molecular formula is C37H43FN3O5-. The second-order valence-electron chi connectivity index (χ2n) is 12.3. The van der Waals surface area contributed by atoms with Crippen molar-refractivity contribution in [3.8, 4) is 22.3 Å². The van der Waals surface area contributed by atoms with Gasteiger partial charge in [0.15, 0.2) is 0 Å². The molecule has 46 heavy (non-hydrogen) atoms. The molecule has 0 saturated carbocycles. The molecule has 2 atom stereocenters. The van der Waals surface area contributed by atoms with Gasteiger partial charge in [0, 0.05) is 48.3 Å². The Morgan fingerprint density at radius 2 is 1.54 bits per heavy atom. The number of carbonyl (C=O) groups excluding carboxylic acids is 2. The largest absolute Gasteiger partial charge is 0.550 e. The summed E-state index contributed by atoms with van der Waals surface area (Å²) in [5, 5.41) is 35.0. The Bertz CT molecular complexity index is 1620. The number of aromatic nitrogens is 1. The number of carboxylic acid groups (broad SMARTS) is 1. The minimum atomic E-state index is -1.39. The van der Waals surface area contributed by atoms with Gasteiger partial charge in [0.25, 0.3) is 5.91 Å². The Hall–Kier alpha value is -4.31. The third-order valence-electron chi connectivity index (χ3n) is 7.84. The molecule has 0 aliphatic heterocycles. The van der Waals surface area contributed by atoms with Gasteiger partial charge in [-0.1, -0.05) is 66.7 Å². The molecule has 0 radical (unpaired) electrons. The number of hydrogen-bond donors (Lipinski definition) is 3. The zero-order chi connectivity index (χ0) is 33.4. The van der Waals surface area contributed by atoms with Crippen molar-refractivity contribution in [1.29, 1.82) is 0 Å². The van der Waals surface area contributed by atoms with Gasteiger partial charge in [-0.15, -0.1) is 0 Å². The summed E-state index contributed by atoms with van der Waals surface area (Å²) in [6.07, 6.45) is -2.44. The molecule has 4 aromatic rings. The standard InChI is InChI=1S/C37H44FN3O5/c1-24(2)41-32(18-17-30(42)20-31(43)21-33(44)45)34(28-13-15-29(38)16-14-28)35(27-11-6-5-7-12-27)36(41)37(46)39-22-25-9-8-10-26(19-25)23-40(3)4/h5-16,19,24,30-31,42-43H,17-18,20-23H2,1-4H3,(H,39,46)(H,44,45)/p-1/t30-,31-/m1/s1. The van der Waals surface area contributed by atoms with Crippen LogP contribution in [0.5, 0.6) is 0 Å². The van der Waals surface area contributed by atoms with Crippen molar-refractivity contribution >= 4 is 11.9 Å². The molecule has 1 amide bonds. The maximum absolute atomic E-state index is 14.3. The van der Waals surface area contributed by atoms with E-state index in [9.17, 15) is 29.3 Å². The summed E-state index contributed by atoms with van der Waals surface area (Å²) in [5.41, 5.74) is 6.29. The second-order valence-corrected chi connectivity index (χ2v) is 12.3. The number of aliphatic carboxylic acids is 1. The van der Waals surface area contributed by atoms with E-state index in [0.717, 1.165) is 34.5 Å². The van der Waals surface area contributed by atoms with Gasteiger partial charge in [0.05, 0.1) is 12.2 Å². The van der Waals surface area contributed by atoms with Crippen molar-refractivity contribution in [3.63, 3.8) is 0 Å². The minimum absolute atomic E-state index is 0.131. The number of benzene rings is 3. The molecule has 3 aromatic carbocycles. The number of hydrogen-bond acceptors (Lipinski definition) is 6. The van der Waals surface area contributed by atoms with Crippen molar-refractivity contribution in [3.05, 3.63) is 107 Å². The van der Waals surface area contributed by atoms with Crippen LogP contribution in [0.2, 0.25) is 0 Å². The van der Waals surface area contributed by atoms with Gasteiger partial charge in [-0.05, 0) is 81.6 Å². The van der Waals surface area contributed by atoms with Gasteiger partial charge in [0.1, 0.15) is 11.5 Å². The molecule has 3 N–H and O–H groups in total. The Balaban J connectivity index is 1.82. The summed E-state index contributed by atoms with van der Waals surface area (Å²) in [6, 6.07) is 23.6. The number of halogens is 1. The van der Waals surface area contributed by atoms with Crippen LogP contribution in [0.25, 0.3) is 22.3 Å². The van der Waals surface area contributed by atoms with E-state index in [4.69, 9.17) is 0 Å². The van der Waals surface area contributed by atoms with Crippen LogP contribution < -0.4 is 10.4 Å². The fourth-order valence-corrected chi connectivity index (χ4v) is 5.97. The van der Waals surface area contributed by atoms with E-state index in [1.165, 1.54) is 12.1 Å². The van der Waals surface area contributed by atoms with Crippen LogP contribution in [0.3, 0.4) is 0 Å². The lowest BCUT2D eigenvalue weighted by Gasteiger charge is -2.20. The maximum Gasteiger partial charge on any atom is 0.268 e. The number of nitrogens with one attached hydrogen (secondary N) is 1. The van der Waals surface area contributed by atoms with Crippen molar-refractivity contribution in [2.24, 2.45) is 0 Å². The van der Waals surface area contributed by atoms with Crippen molar-refractivity contribution in [2.45, 2.75) is 70.9 Å². The molecule has 0 saturated heterocycles. The van der Waals surface area contributed by atoms with E-state index >= 15 is 0 Å². The van der Waals surface area contributed by atoms with E-state index in [1.807, 2.05) is 75.0 Å². The number of aliphatic hydroxyl groups excluding tert-OH is 2. The van der Waals surface area contributed by atoms with Gasteiger partial charge >= 0.3 is 0 Å². The Morgan fingerprint density at radius 3 is 2.17 bits per heavy atom. The molecule has 1 aromatic heterocycles. The first kappa shape index (κ1) is 34.6. The highest BCUT2D eigenvalue weighted by atomic mass is 19.1. The number of carbonyl (C=O) groups is 2. The van der Waals surface area contributed by atoms with Gasteiger partial charge in [-0.25, -0.2) is 4.39 Å². The topological polar surface area (TPSA) is 118 Å². The summed E-state index contributed by atoms with van der Waals surface area (Å²) in [5.74, 6) is -2.05. The average Bonchev–Trinajstić information content (AvgIpc) is 3.34. The lowest BCUT2D eigenvalue weighted by Crippen LogP contribution is -2.29. The monoisotopic (exact) mass is 628 g/mol. The Labute approximate surface area is 270 Å². The highest BCUT2D eigenvalue weighted by molar-refractivity contribution is 6.05. The van der Waals surface area contributed by atoms with E-state index in [0.29, 0.717) is 29.8 Å². The fourth-order valence-electron chi connectivity index (χ4n) is 5.97. The van der Waals surface area contributed by atoms with Crippen LogP contribution in [0, 0.1) is 5.82 Å². The molecule has 1 heterocycles.